The zero-order valence-corrected chi connectivity index (χ0v) is 24.1. The second-order valence-corrected chi connectivity index (χ2v) is 19.0. The van der Waals surface area contributed by atoms with Gasteiger partial charge in [-0.15, -0.1) is 0 Å². The van der Waals surface area contributed by atoms with E-state index in [9.17, 15) is 14.7 Å². The number of halogens is 1. The molecule has 9 nitrogen and oxygen atoms in total. The minimum atomic E-state index is -1.39. The minimum Gasteiger partial charge on any atom is -0.480 e. The number of carboxylic acids is 1. The monoisotopic (exact) mass is 540 g/mol. The first kappa shape index (κ1) is 28.4. The van der Waals surface area contributed by atoms with Gasteiger partial charge in [0.25, 0.3) is 0 Å². The zero-order chi connectivity index (χ0) is 27.3. The summed E-state index contributed by atoms with van der Waals surface area (Å²) in [6, 6.07) is 2.31. The van der Waals surface area contributed by atoms with E-state index in [1.807, 2.05) is 0 Å². The van der Waals surface area contributed by atoms with Crippen molar-refractivity contribution in [2.24, 2.45) is 10.4 Å². The van der Waals surface area contributed by atoms with Gasteiger partial charge < -0.3 is 20.3 Å². The van der Waals surface area contributed by atoms with Gasteiger partial charge in [0.05, 0.1) is 17.4 Å². The third kappa shape index (κ3) is 5.26. The Morgan fingerprint density at radius 1 is 1.31 bits per heavy atom. The van der Waals surface area contributed by atoms with E-state index in [1.54, 1.807) is 34.6 Å². The number of aliphatic carboxylic acids is 1. The first-order chi connectivity index (χ1) is 16.4. The number of pyridine rings is 1. The van der Waals surface area contributed by atoms with Crippen LogP contribution in [0.5, 0.6) is 0 Å². The molecule has 0 spiro atoms. The second-order valence-electron chi connectivity index (χ2n) is 12.1. The number of anilines is 1. The first-order valence-corrected chi connectivity index (χ1v) is 16.4. The molecular weight excluding hydrogens is 503 g/mol. The van der Waals surface area contributed by atoms with E-state index in [-0.39, 0.29) is 29.6 Å². The van der Waals surface area contributed by atoms with E-state index in [0.717, 1.165) is 17.8 Å². The van der Waals surface area contributed by atoms with Crippen LogP contribution in [0.1, 0.15) is 46.6 Å². The van der Waals surface area contributed by atoms with Gasteiger partial charge in [0.1, 0.15) is 17.1 Å². The molecule has 0 saturated heterocycles. The highest BCUT2D eigenvalue weighted by Gasteiger charge is 2.80. The molecule has 2 aliphatic rings. The molecule has 1 fully saturated rings. The molecule has 3 rings (SSSR count). The average molecular weight is 541 g/mol. The fourth-order valence-corrected chi connectivity index (χ4v) is 6.74. The number of thioether (sulfide) groups is 1. The number of carbonyl (C=O) groups is 2. The number of aliphatic imine (C=N–C) groups is 1. The number of ether oxygens (including phenoxy) is 2. The summed E-state index contributed by atoms with van der Waals surface area (Å²) in [4.78, 5) is 35.6. The Bertz CT molecular complexity index is 1090. The van der Waals surface area contributed by atoms with Crippen molar-refractivity contribution in [3.63, 3.8) is 0 Å². The van der Waals surface area contributed by atoms with Crippen LogP contribution in [0.25, 0.3) is 0 Å². The highest BCUT2D eigenvalue weighted by Crippen LogP contribution is 2.75. The largest absolute Gasteiger partial charge is 0.480 e. The van der Waals surface area contributed by atoms with Crippen molar-refractivity contribution in [2.45, 2.75) is 82.6 Å². The first-order valence-electron chi connectivity index (χ1n) is 11.9. The normalized spacial score (nSPS) is 27.6. The molecule has 0 bridgehead atoms. The van der Waals surface area contributed by atoms with Crippen LogP contribution in [0, 0.1) is 11.4 Å². The van der Waals surface area contributed by atoms with Gasteiger partial charge in [-0.3, -0.25) is 4.79 Å². The number of fused-ring (bicyclic) bond motifs is 1. The van der Waals surface area contributed by atoms with E-state index >= 15 is 4.39 Å². The fourth-order valence-electron chi connectivity index (χ4n) is 4.33. The van der Waals surface area contributed by atoms with Crippen molar-refractivity contribution < 1.29 is 28.6 Å². The van der Waals surface area contributed by atoms with Crippen molar-refractivity contribution in [2.75, 3.05) is 19.1 Å². The number of nitrogens with zero attached hydrogens (tertiary/aromatic N) is 3. The average Bonchev–Trinajstić information content (AvgIpc) is 3.36. The highest BCUT2D eigenvalue weighted by molar-refractivity contribution is 8.16. The van der Waals surface area contributed by atoms with E-state index < -0.39 is 47.4 Å². The van der Waals surface area contributed by atoms with Crippen LogP contribution in [0.4, 0.5) is 14.9 Å². The van der Waals surface area contributed by atoms with Crippen LogP contribution in [0.15, 0.2) is 17.3 Å². The van der Waals surface area contributed by atoms with Crippen LogP contribution in [-0.4, -0.2) is 64.0 Å². The van der Waals surface area contributed by atoms with Crippen molar-refractivity contribution in [3.8, 4) is 0 Å². The standard InChI is InChI=1S/C24H37FN4O5SSi/c1-21(2,3)34-20(32)29(14-33-9-10-36(6,7)8)19-28-23(5,16-11-15(26)12-27-17(16)25)22(4)13-24(22,35-19)18(30)31/h11-12H,9-10,13-14,26H2,1-8H3,(H,30,31)/t22?,23-,24-/m1/s1. The molecule has 3 N–H and O–H groups in total. The molecule has 0 radical (unpaired) electrons. The molecule has 1 saturated carbocycles. The quantitative estimate of drug-likeness (QED) is 0.216. The number of nitrogen functional groups attached to an aromatic ring is 1. The third-order valence-electron chi connectivity index (χ3n) is 6.82. The van der Waals surface area contributed by atoms with Crippen LogP contribution in [0.3, 0.4) is 0 Å². The number of carbonyl (C=O) groups excluding carboxylic acids is 1. The summed E-state index contributed by atoms with van der Waals surface area (Å²) in [5.41, 5.74) is 3.10. The number of nitrogens with two attached hydrogens (primary N) is 1. The molecule has 1 amide bonds. The summed E-state index contributed by atoms with van der Waals surface area (Å²) in [7, 11) is -1.39. The number of hydrogen-bond donors (Lipinski definition) is 2. The molecule has 2 heterocycles. The van der Waals surface area contributed by atoms with Gasteiger partial charge in [0, 0.05) is 25.7 Å². The third-order valence-corrected chi connectivity index (χ3v) is 10.1. The molecule has 1 aliphatic heterocycles. The van der Waals surface area contributed by atoms with Crippen molar-refractivity contribution in [3.05, 3.63) is 23.8 Å². The van der Waals surface area contributed by atoms with E-state index in [1.165, 1.54) is 17.2 Å². The predicted molar refractivity (Wildman–Crippen MR) is 141 cm³/mol. The minimum absolute atomic E-state index is 0.0784. The second kappa shape index (κ2) is 9.28. The van der Waals surface area contributed by atoms with E-state index in [2.05, 4.69) is 24.6 Å². The topological polar surface area (TPSA) is 127 Å². The lowest BCUT2D eigenvalue weighted by Gasteiger charge is -2.41. The van der Waals surface area contributed by atoms with Gasteiger partial charge in [-0.1, -0.05) is 38.3 Å². The van der Waals surface area contributed by atoms with Gasteiger partial charge in [0.15, 0.2) is 5.17 Å². The maximum absolute atomic E-state index is 15.0. The maximum Gasteiger partial charge on any atom is 0.418 e. The summed E-state index contributed by atoms with van der Waals surface area (Å²) in [5, 5.41) is 10.4. The number of rotatable bonds is 7. The van der Waals surface area contributed by atoms with Gasteiger partial charge in [-0.25, -0.2) is 19.7 Å². The molecule has 1 aliphatic carbocycles. The van der Waals surface area contributed by atoms with E-state index in [0.29, 0.717) is 6.61 Å². The molecule has 1 aromatic rings. The summed E-state index contributed by atoms with van der Waals surface area (Å²) < 4.78 is 25.2. The number of carboxylic acid groups (broad SMARTS) is 1. The summed E-state index contributed by atoms with van der Waals surface area (Å²) in [6.07, 6.45) is 0.694. The summed E-state index contributed by atoms with van der Waals surface area (Å²) >= 11 is 0.978. The molecule has 0 aromatic carbocycles. The van der Waals surface area contributed by atoms with Crippen LogP contribution in [0.2, 0.25) is 25.7 Å². The Morgan fingerprint density at radius 3 is 2.50 bits per heavy atom. The Morgan fingerprint density at radius 2 is 1.94 bits per heavy atom. The predicted octanol–water partition coefficient (Wildman–Crippen LogP) is 4.90. The lowest BCUT2D eigenvalue weighted by molar-refractivity contribution is -0.138. The zero-order valence-electron chi connectivity index (χ0n) is 22.3. The van der Waals surface area contributed by atoms with Crippen LogP contribution in [-0.2, 0) is 19.8 Å². The molecule has 36 heavy (non-hydrogen) atoms. The number of hydrogen-bond acceptors (Lipinski definition) is 8. The molecule has 200 valence electrons. The molecule has 3 atom stereocenters. The Hall–Kier alpha value is -2.18. The Balaban J connectivity index is 2.08. The number of amides is 1. The summed E-state index contributed by atoms with van der Waals surface area (Å²) in [5.74, 6) is -1.85. The highest BCUT2D eigenvalue weighted by atomic mass is 32.2. The smallest absolute Gasteiger partial charge is 0.418 e. The maximum atomic E-state index is 15.0. The van der Waals surface area contributed by atoms with Gasteiger partial charge in [-0.05, 0) is 46.2 Å². The Kier molecular flexibility index (Phi) is 7.32. The molecular formula is C24H37FN4O5SSi. The van der Waals surface area contributed by atoms with E-state index in [4.69, 9.17) is 20.2 Å². The van der Waals surface area contributed by atoms with Gasteiger partial charge in [0.2, 0.25) is 5.95 Å². The van der Waals surface area contributed by atoms with Gasteiger partial charge >= 0.3 is 12.1 Å². The molecule has 12 heteroatoms. The molecule has 1 unspecified atom stereocenters. The number of amidine groups is 1. The summed E-state index contributed by atoms with van der Waals surface area (Å²) in [6.45, 7) is 15.5. The Labute approximate surface area is 217 Å². The van der Waals surface area contributed by atoms with Crippen molar-refractivity contribution in [1.82, 2.24) is 9.88 Å². The lowest BCUT2D eigenvalue weighted by Crippen LogP contribution is -2.49. The van der Waals surface area contributed by atoms with Gasteiger partial charge in [-0.2, -0.15) is 4.39 Å². The molecule has 1 aromatic heterocycles. The lowest BCUT2D eigenvalue weighted by atomic mass is 9.76. The SMILES string of the molecule is CC(C)(C)OC(=O)N(COCC[Si](C)(C)C)C1=N[C@](C)(c2cc(N)cnc2F)C2(C)C[C@]2(C(=O)O)S1. The fraction of sp³-hybridized carbons (Fsp3) is 0.667. The van der Waals surface area contributed by atoms with Crippen LogP contribution < -0.4 is 5.73 Å². The number of aromatic nitrogens is 1. The van der Waals surface area contributed by atoms with Crippen LogP contribution >= 0.6 is 11.8 Å². The van der Waals surface area contributed by atoms with Crippen molar-refractivity contribution >= 4 is 42.8 Å². The van der Waals surface area contributed by atoms with Crippen molar-refractivity contribution in [1.29, 1.82) is 0 Å².